The lowest BCUT2D eigenvalue weighted by Crippen LogP contribution is -2.50. The standard InChI is InChI=1S/C22H25N3O2/c1-16(2)13-20(25-21(26)18-11-7-4-8-12-18)22(27)24-19(15-23)14-17-9-5-3-6-10-17/h3-12,16,19-20H,13-14H2,1-2H3,(H,24,27)(H,25,26)/t19-,20-/m0/s1. The summed E-state index contributed by atoms with van der Waals surface area (Å²) < 4.78 is 0. The molecule has 5 nitrogen and oxygen atoms in total. The van der Waals surface area contributed by atoms with Crippen molar-refractivity contribution in [3.63, 3.8) is 0 Å². The summed E-state index contributed by atoms with van der Waals surface area (Å²) >= 11 is 0. The number of rotatable bonds is 8. The van der Waals surface area contributed by atoms with Crippen molar-refractivity contribution in [1.29, 1.82) is 5.26 Å². The van der Waals surface area contributed by atoms with E-state index in [2.05, 4.69) is 16.7 Å². The largest absolute Gasteiger partial charge is 0.340 e. The van der Waals surface area contributed by atoms with Crippen molar-refractivity contribution < 1.29 is 9.59 Å². The number of benzene rings is 2. The average molecular weight is 363 g/mol. The minimum absolute atomic E-state index is 0.214. The molecular formula is C22H25N3O2. The zero-order chi connectivity index (χ0) is 19.6. The molecule has 0 saturated heterocycles. The number of amides is 2. The van der Waals surface area contributed by atoms with Gasteiger partial charge in [0.15, 0.2) is 0 Å². The summed E-state index contributed by atoms with van der Waals surface area (Å²) in [4.78, 5) is 25.2. The van der Waals surface area contributed by atoms with Crippen molar-refractivity contribution >= 4 is 11.8 Å². The minimum atomic E-state index is -0.690. The van der Waals surface area contributed by atoms with Gasteiger partial charge in [-0.3, -0.25) is 9.59 Å². The summed E-state index contributed by atoms with van der Waals surface area (Å²) in [6.45, 7) is 3.97. The molecule has 2 rings (SSSR count). The van der Waals surface area contributed by atoms with E-state index in [0.29, 0.717) is 18.4 Å². The first kappa shape index (κ1) is 20.2. The van der Waals surface area contributed by atoms with Crippen molar-refractivity contribution in [2.45, 2.75) is 38.8 Å². The predicted octanol–water partition coefficient (Wildman–Crippen LogP) is 3.08. The molecule has 0 aliphatic carbocycles. The highest BCUT2D eigenvalue weighted by molar-refractivity contribution is 5.97. The molecule has 0 saturated carbocycles. The third-order valence-corrected chi connectivity index (χ3v) is 4.12. The van der Waals surface area contributed by atoms with Gasteiger partial charge in [0, 0.05) is 12.0 Å². The molecule has 2 aromatic rings. The van der Waals surface area contributed by atoms with Crippen LogP contribution in [0.15, 0.2) is 60.7 Å². The van der Waals surface area contributed by atoms with Crippen LogP contribution in [-0.4, -0.2) is 23.9 Å². The average Bonchev–Trinajstić information content (AvgIpc) is 2.68. The van der Waals surface area contributed by atoms with E-state index >= 15 is 0 Å². The summed E-state index contributed by atoms with van der Waals surface area (Å²) in [7, 11) is 0. The molecule has 0 spiro atoms. The Labute approximate surface area is 160 Å². The lowest BCUT2D eigenvalue weighted by Gasteiger charge is -2.22. The van der Waals surface area contributed by atoms with Crippen molar-refractivity contribution in [3.8, 4) is 6.07 Å². The van der Waals surface area contributed by atoms with E-state index in [1.165, 1.54) is 0 Å². The van der Waals surface area contributed by atoms with Gasteiger partial charge in [-0.2, -0.15) is 5.26 Å². The highest BCUT2D eigenvalue weighted by Crippen LogP contribution is 2.09. The Hall–Kier alpha value is -3.13. The van der Waals surface area contributed by atoms with Gasteiger partial charge in [0.2, 0.25) is 5.91 Å². The van der Waals surface area contributed by atoms with Crippen molar-refractivity contribution in [3.05, 3.63) is 71.8 Å². The topological polar surface area (TPSA) is 82.0 Å². The smallest absolute Gasteiger partial charge is 0.251 e. The van der Waals surface area contributed by atoms with Crippen LogP contribution in [0, 0.1) is 17.2 Å². The molecule has 0 aromatic heterocycles. The van der Waals surface area contributed by atoms with Crippen LogP contribution in [0.25, 0.3) is 0 Å². The van der Waals surface area contributed by atoms with Crippen molar-refractivity contribution in [2.24, 2.45) is 5.92 Å². The quantitative estimate of drug-likeness (QED) is 0.756. The summed E-state index contributed by atoms with van der Waals surface area (Å²) in [5, 5.41) is 15.0. The number of nitriles is 1. The fraction of sp³-hybridized carbons (Fsp3) is 0.318. The van der Waals surface area contributed by atoms with Gasteiger partial charge >= 0.3 is 0 Å². The normalized spacial score (nSPS) is 12.7. The van der Waals surface area contributed by atoms with Gasteiger partial charge in [0.05, 0.1) is 6.07 Å². The number of nitrogens with one attached hydrogen (secondary N) is 2. The van der Waals surface area contributed by atoms with Crippen molar-refractivity contribution in [1.82, 2.24) is 10.6 Å². The second-order valence-corrected chi connectivity index (χ2v) is 6.90. The Morgan fingerprint density at radius 3 is 2.11 bits per heavy atom. The van der Waals surface area contributed by atoms with Crippen LogP contribution < -0.4 is 10.6 Å². The first-order valence-corrected chi connectivity index (χ1v) is 9.09. The van der Waals surface area contributed by atoms with Crippen LogP contribution in [-0.2, 0) is 11.2 Å². The minimum Gasteiger partial charge on any atom is -0.340 e. The predicted molar refractivity (Wildman–Crippen MR) is 105 cm³/mol. The van der Waals surface area contributed by atoms with E-state index in [9.17, 15) is 14.9 Å². The van der Waals surface area contributed by atoms with E-state index in [0.717, 1.165) is 5.56 Å². The van der Waals surface area contributed by atoms with E-state index in [4.69, 9.17) is 0 Å². The van der Waals surface area contributed by atoms with Crippen LogP contribution in [0.3, 0.4) is 0 Å². The Morgan fingerprint density at radius 2 is 1.56 bits per heavy atom. The van der Waals surface area contributed by atoms with Crippen LogP contribution in [0.2, 0.25) is 0 Å². The molecule has 140 valence electrons. The zero-order valence-corrected chi connectivity index (χ0v) is 15.7. The third-order valence-electron chi connectivity index (χ3n) is 4.12. The third kappa shape index (κ3) is 6.59. The highest BCUT2D eigenvalue weighted by atomic mass is 16.2. The number of hydrogen-bond acceptors (Lipinski definition) is 3. The fourth-order valence-electron chi connectivity index (χ4n) is 2.79. The lowest BCUT2D eigenvalue weighted by atomic mass is 10.0. The second kappa shape index (κ2) is 10.1. The first-order valence-electron chi connectivity index (χ1n) is 9.09. The van der Waals surface area contributed by atoms with Crippen LogP contribution >= 0.6 is 0 Å². The number of hydrogen-bond donors (Lipinski definition) is 2. The molecule has 27 heavy (non-hydrogen) atoms. The maximum Gasteiger partial charge on any atom is 0.251 e. The molecule has 2 aromatic carbocycles. The molecule has 0 unspecified atom stereocenters. The molecule has 0 fully saturated rings. The van der Waals surface area contributed by atoms with Gasteiger partial charge < -0.3 is 10.6 Å². The van der Waals surface area contributed by atoms with E-state index in [1.54, 1.807) is 24.3 Å². The summed E-state index contributed by atoms with van der Waals surface area (Å²) in [5.41, 5.74) is 1.47. The Bertz CT molecular complexity index is 782. The second-order valence-electron chi connectivity index (χ2n) is 6.90. The molecule has 0 aliphatic heterocycles. The molecule has 0 heterocycles. The molecule has 2 N–H and O–H groups in total. The van der Waals surface area contributed by atoms with Crippen LogP contribution in [0.5, 0.6) is 0 Å². The van der Waals surface area contributed by atoms with Gasteiger partial charge in [0.25, 0.3) is 5.91 Å². The molecule has 5 heteroatoms. The van der Waals surface area contributed by atoms with Crippen LogP contribution in [0.1, 0.15) is 36.2 Å². The molecular weight excluding hydrogens is 338 g/mol. The zero-order valence-electron chi connectivity index (χ0n) is 15.7. The molecule has 2 amide bonds. The van der Waals surface area contributed by atoms with Gasteiger partial charge in [-0.25, -0.2) is 0 Å². The first-order chi connectivity index (χ1) is 13.0. The Kier molecular flexibility index (Phi) is 7.57. The highest BCUT2D eigenvalue weighted by Gasteiger charge is 2.24. The molecule has 0 radical (unpaired) electrons. The SMILES string of the molecule is CC(C)C[C@H](NC(=O)c1ccccc1)C(=O)N[C@H](C#N)Cc1ccccc1. The van der Waals surface area contributed by atoms with E-state index < -0.39 is 12.1 Å². The van der Waals surface area contributed by atoms with Gasteiger partial charge in [0.1, 0.15) is 12.1 Å². The van der Waals surface area contributed by atoms with Gasteiger partial charge in [-0.1, -0.05) is 62.4 Å². The molecule has 0 aliphatic rings. The van der Waals surface area contributed by atoms with E-state index in [-0.39, 0.29) is 17.7 Å². The fourth-order valence-corrected chi connectivity index (χ4v) is 2.79. The maximum absolute atomic E-state index is 12.7. The number of carbonyl (C=O) groups excluding carboxylic acids is 2. The van der Waals surface area contributed by atoms with Crippen LogP contribution in [0.4, 0.5) is 0 Å². The molecule has 0 bridgehead atoms. The maximum atomic E-state index is 12.7. The summed E-state index contributed by atoms with van der Waals surface area (Å²) in [6, 6.07) is 19.1. The summed E-state index contributed by atoms with van der Waals surface area (Å²) in [5.74, 6) is -0.421. The Balaban J connectivity index is 2.04. The van der Waals surface area contributed by atoms with Gasteiger partial charge in [-0.05, 0) is 30.0 Å². The molecule has 2 atom stereocenters. The van der Waals surface area contributed by atoms with E-state index in [1.807, 2.05) is 50.2 Å². The summed E-state index contributed by atoms with van der Waals surface area (Å²) in [6.07, 6.45) is 0.915. The van der Waals surface area contributed by atoms with Gasteiger partial charge in [-0.15, -0.1) is 0 Å². The number of carbonyl (C=O) groups is 2. The lowest BCUT2D eigenvalue weighted by molar-refractivity contribution is -0.123. The number of nitrogens with zero attached hydrogens (tertiary/aromatic N) is 1. The van der Waals surface area contributed by atoms with Crippen molar-refractivity contribution in [2.75, 3.05) is 0 Å². The monoisotopic (exact) mass is 363 g/mol. The Morgan fingerprint density at radius 1 is 0.963 bits per heavy atom.